The first kappa shape index (κ1) is 25.2. The molecule has 0 bridgehead atoms. The van der Waals surface area contributed by atoms with Crippen LogP contribution in [0, 0.1) is 5.92 Å². The van der Waals surface area contributed by atoms with Gasteiger partial charge in [0.05, 0.1) is 12.3 Å². The van der Waals surface area contributed by atoms with Crippen molar-refractivity contribution >= 4 is 11.6 Å². The van der Waals surface area contributed by atoms with Crippen molar-refractivity contribution in [3.63, 3.8) is 0 Å². The Morgan fingerprint density at radius 2 is 1.73 bits per heavy atom. The molecule has 0 aliphatic heterocycles. The molecular formula is C25H37N3O2. The van der Waals surface area contributed by atoms with Gasteiger partial charge in [0, 0.05) is 12.7 Å². The SMILES string of the molecule is CC.CC.CCc1nc2ccccn2c1C(=O)NCc1ccc(OCC(C)C)cc1. The molecule has 30 heavy (non-hydrogen) atoms. The largest absolute Gasteiger partial charge is 0.493 e. The van der Waals surface area contributed by atoms with Crippen molar-refractivity contribution in [1.29, 1.82) is 0 Å². The number of carbonyl (C=O) groups is 1. The van der Waals surface area contributed by atoms with Crippen LogP contribution in [0.2, 0.25) is 0 Å². The highest BCUT2D eigenvalue weighted by atomic mass is 16.5. The number of pyridine rings is 1. The van der Waals surface area contributed by atoms with E-state index in [1.165, 1.54) is 0 Å². The predicted octanol–water partition coefficient (Wildman–Crippen LogP) is 5.91. The highest BCUT2D eigenvalue weighted by Gasteiger charge is 2.17. The number of amides is 1. The topological polar surface area (TPSA) is 55.6 Å². The molecule has 1 amide bonds. The lowest BCUT2D eigenvalue weighted by Crippen LogP contribution is -2.25. The van der Waals surface area contributed by atoms with Crippen LogP contribution >= 0.6 is 0 Å². The number of rotatable bonds is 7. The summed E-state index contributed by atoms with van der Waals surface area (Å²) in [5, 5.41) is 3.00. The summed E-state index contributed by atoms with van der Waals surface area (Å²) in [6, 6.07) is 13.6. The number of imidazole rings is 1. The molecule has 2 aromatic heterocycles. The van der Waals surface area contributed by atoms with E-state index in [2.05, 4.69) is 24.1 Å². The van der Waals surface area contributed by atoms with Crippen LogP contribution in [0.15, 0.2) is 48.7 Å². The van der Waals surface area contributed by atoms with Gasteiger partial charge in [0.25, 0.3) is 5.91 Å². The van der Waals surface area contributed by atoms with Gasteiger partial charge in [0.15, 0.2) is 0 Å². The van der Waals surface area contributed by atoms with Gasteiger partial charge in [-0.15, -0.1) is 0 Å². The zero-order valence-corrected chi connectivity index (χ0v) is 19.5. The fourth-order valence-electron chi connectivity index (χ4n) is 2.76. The third kappa shape index (κ3) is 6.90. The monoisotopic (exact) mass is 411 g/mol. The number of hydrogen-bond donors (Lipinski definition) is 1. The summed E-state index contributed by atoms with van der Waals surface area (Å²) in [4.78, 5) is 17.3. The first-order valence-corrected chi connectivity index (χ1v) is 11.0. The zero-order valence-electron chi connectivity index (χ0n) is 19.5. The highest BCUT2D eigenvalue weighted by Crippen LogP contribution is 2.15. The predicted molar refractivity (Wildman–Crippen MR) is 125 cm³/mol. The summed E-state index contributed by atoms with van der Waals surface area (Å²) in [6.07, 6.45) is 2.59. The van der Waals surface area contributed by atoms with Gasteiger partial charge in [-0.2, -0.15) is 0 Å². The summed E-state index contributed by atoms with van der Waals surface area (Å²) < 4.78 is 7.53. The Morgan fingerprint density at radius 1 is 1.07 bits per heavy atom. The van der Waals surface area contributed by atoms with Crippen molar-refractivity contribution in [1.82, 2.24) is 14.7 Å². The average Bonchev–Trinajstić information content (AvgIpc) is 3.18. The standard InChI is InChI=1S/C21H25N3O2.2C2H6/c1-4-18-20(24-12-6-5-7-19(24)23-18)21(25)22-13-16-8-10-17(11-9-16)26-14-15(2)3;2*1-2/h5-12,15H,4,13-14H2,1-3H3,(H,22,25);2*1-2H3. The molecule has 0 aliphatic rings. The molecule has 1 N–H and O–H groups in total. The minimum Gasteiger partial charge on any atom is -0.493 e. The Kier molecular flexibility index (Phi) is 11.3. The van der Waals surface area contributed by atoms with Gasteiger partial charge in [-0.1, -0.05) is 66.7 Å². The maximum Gasteiger partial charge on any atom is 0.270 e. The van der Waals surface area contributed by atoms with Gasteiger partial charge in [0.1, 0.15) is 17.1 Å². The van der Waals surface area contributed by atoms with E-state index in [9.17, 15) is 4.79 Å². The molecule has 5 heteroatoms. The van der Waals surface area contributed by atoms with E-state index in [4.69, 9.17) is 4.74 Å². The number of ether oxygens (including phenoxy) is 1. The van der Waals surface area contributed by atoms with E-state index in [0.29, 0.717) is 31.2 Å². The number of carbonyl (C=O) groups excluding carboxylic acids is 1. The quantitative estimate of drug-likeness (QED) is 0.525. The minimum atomic E-state index is -0.110. The summed E-state index contributed by atoms with van der Waals surface area (Å²) in [7, 11) is 0. The van der Waals surface area contributed by atoms with Gasteiger partial charge >= 0.3 is 0 Å². The smallest absolute Gasteiger partial charge is 0.270 e. The van der Waals surface area contributed by atoms with Crippen LogP contribution in [0.3, 0.4) is 0 Å². The van der Waals surface area contributed by atoms with E-state index in [1.807, 2.05) is 87.7 Å². The molecule has 0 fully saturated rings. The van der Waals surface area contributed by atoms with Crippen molar-refractivity contribution in [2.45, 2.75) is 61.4 Å². The molecule has 0 radical (unpaired) electrons. The third-order valence-electron chi connectivity index (χ3n) is 4.11. The van der Waals surface area contributed by atoms with Crippen molar-refractivity contribution in [3.05, 3.63) is 65.6 Å². The number of aromatic nitrogens is 2. The molecule has 164 valence electrons. The molecular weight excluding hydrogens is 374 g/mol. The third-order valence-corrected chi connectivity index (χ3v) is 4.11. The highest BCUT2D eigenvalue weighted by molar-refractivity contribution is 5.94. The van der Waals surface area contributed by atoms with E-state index < -0.39 is 0 Å². The Hall–Kier alpha value is -2.82. The second-order valence-corrected chi connectivity index (χ2v) is 6.72. The van der Waals surface area contributed by atoms with Crippen molar-refractivity contribution in [2.24, 2.45) is 5.92 Å². The van der Waals surface area contributed by atoms with Crippen LogP contribution in [-0.2, 0) is 13.0 Å². The lowest BCUT2D eigenvalue weighted by molar-refractivity contribution is 0.0944. The summed E-state index contributed by atoms with van der Waals surface area (Å²) in [5.74, 6) is 1.23. The first-order valence-electron chi connectivity index (χ1n) is 11.0. The van der Waals surface area contributed by atoms with Gasteiger partial charge < -0.3 is 10.1 Å². The van der Waals surface area contributed by atoms with Crippen LogP contribution in [0.25, 0.3) is 5.65 Å². The second-order valence-electron chi connectivity index (χ2n) is 6.72. The number of hydrogen-bond acceptors (Lipinski definition) is 3. The molecule has 1 aromatic carbocycles. The Balaban J connectivity index is 0.00000106. The van der Waals surface area contributed by atoms with Crippen LogP contribution in [0.1, 0.15) is 70.2 Å². The summed E-state index contributed by atoms with van der Waals surface area (Å²) in [5.41, 5.74) is 3.24. The molecule has 2 heterocycles. The Morgan fingerprint density at radius 3 is 2.33 bits per heavy atom. The molecule has 0 atom stereocenters. The van der Waals surface area contributed by atoms with Gasteiger partial charge in [0.2, 0.25) is 0 Å². The number of aryl methyl sites for hydroxylation is 1. The summed E-state index contributed by atoms with van der Waals surface area (Å²) >= 11 is 0. The molecule has 5 nitrogen and oxygen atoms in total. The maximum atomic E-state index is 12.7. The normalized spacial score (nSPS) is 10.0. The van der Waals surface area contributed by atoms with Crippen LogP contribution in [0.4, 0.5) is 0 Å². The molecule has 0 saturated carbocycles. The number of fused-ring (bicyclic) bond motifs is 1. The molecule has 0 spiro atoms. The van der Waals surface area contributed by atoms with Crippen LogP contribution in [-0.4, -0.2) is 21.9 Å². The van der Waals surface area contributed by atoms with Crippen LogP contribution < -0.4 is 10.1 Å². The van der Waals surface area contributed by atoms with E-state index in [1.54, 1.807) is 0 Å². The summed E-state index contributed by atoms with van der Waals surface area (Å²) in [6.45, 7) is 15.4. The Labute approximate surface area is 181 Å². The number of benzene rings is 1. The van der Waals surface area contributed by atoms with Gasteiger partial charge in [-0.05, 0) is 42.2 Å². The molecule has 3 rings (SSSR count). The second kappa shape index (κ2) is 13.4. The van der Waals surface area contributed by atoms with E-state index in [0.717, 1.165) is 22.7 Å². The van der Waals surface area contributed by atoms with Crippen molar-refractivity contribution in [2.75, 3.05) is 6.61 Å². The lowest BCUT2D eigenvalue weighted by atomic mass is 10.2. The number of nitrogens with zero attached hydrogens (tertiary/aromatic N) is 2. The van der Waals surface area contributed by atoms with E-state index >= 15 is 0 Å². The van der Waals surface area contributed by atoms with Crippen molar-refractivity contribution < 1.29 is 9.53 Å². The molecule has 0 unspecified atom stereocenters. The fraction of sp³-hybridized carbons (Fsp3) is 0.440. The van der Waals surface area contributed by atoms with E-state index in [-0.39, 0.29) is 5.91 Å². The van der Waals surface area contributed by atoms with Gasteiger partial charge in [-0.25, -0.2) is 4.98 Å². The molecule has 0 aliphatic carbocycles. The lowest BCUT2D eigenvalue weighted by Gasteiger charge is -2.10. The maximum absolute atomic E-state index is 12.7. The Bertz CT molecular complexity index is 883. The fourth-order valence-corrected chi connectivity index (χ4v) is 2.76. The minimum absolute atomic E-state index is 0.110. The van der Waals surface area contributed by atoms with Crippen LogP contribution in [0.5, 0.6) is 5.75 Å². The van der Waals surface area contributed by atoms with Gasteiger partial charge in [-0.3, -0.25) is 9.20 Å². The average molecular weight is 412 g/mol. The molecule has 3 aromatic rings. The molecule has 0 saturated heterocycles. The van der Waals surface area contributed by atoms with Crippen molar-refractivity contribution in [3.8, 4) is 5.75 Å². The number of nitrogens with one attached hydrogen (secondary N) is 1. The first-order chi connectivity index (χ1) is 14.6. The zero-order chi connectivity index (χ0) is 22.5.